The Morgan fingerprint density at radius 2 is 1.68 bits per heavy atom. The minimum atomic E-state index is -0.299. The minimum Gasteiger partial charge on any atom is -0.496 e. The SMILES string of the molecule is COCCN=c1scc(-c2ccc(F)cc2)n1/N=C/c1c(OC)cc(OC)cc1OC. The number of hydrogen-bond donors (Lipinski definition) is 0. The van der Waals surface area contributed by atoms with Crippen LogP contribution in [-0.2, 0) is 4.74 Å². The van der Waals surface area contributed by atoms with Gasteiger partial charge in [0.2, 0.25) is 4.80 Å². The highest BCUT2D eigenvalue weighted by Gasteiger charge is 2.13. The summed E-state index contributed by atoms with van der Waals surface area (Å²) in [4.78, 5) is 5.25. The Labute approximate surface area is 184 Å². The molecule has 0 N–H and O–H groups in total. The Hall–Kier alpha value is -3.17. The summed E-state index contributed by atoms with van der Waals surface area (Å²) in [7, 11) is 6.34. The summed E-state index contributed by atoms with van der Waals surface area (Å²) in [6.45, 7) is 0.984. The third-order valence-electron chi connectivity index (χ3n) is 4.42. The Bertz CT molecular complexity index is 1080. The summed E-state index contributed by atoms with van der Waals surface area (Å²) >= 11 is 1.44. The third-order valence-corrected chi connectivity index (χ3v) is 5.28. The van der Waals surface area contributed by atoms with Crippen molar-refractivity contribution in [3.8, 4) is 28.5 Å². The van der Waals surface area contributed by atoms with Crippen LogP contribution in [0.4, 0.5) is 4.39 Å². The lowest BCUT2D eigenvalue weighted by atomic mass is 10.1. The van der Waals surface area contributed by atoms with Crippen LogP contribution in [0.25, 0.3) is 11.3 Å². The van der Waals surface area contributed by atoms with Gasteiger partial charge in [-0.05, 0) is 24.3 Å². The molecule has 9 heteroatoms. The first-order valence-electron chi connectivity index (χ1n) is 9.41. The molecule has 0 atom stereocenters. The summed E-state index contributed by atoms with van der Waals surface area (Å²) in [6, 6.07) is 9.75. The second kappa shape index (κ2) is 10.7. The zero-order valence-corrected chi connectivity index (χ0v) is 18.6. The van der Waals surface area contributed by atoms with Gasteiger partial charge >= 0.3 is 0 Å². The van der Waals surface area contributed by atoms with E-state index in [4.69, 9.17) is 18.9 Å². The fourth-order valence-electron chi connectivity index (χ4n) is 2.85. The lowest BCUT2D eigenvalue weighted by Crippen LogP contribution is -2.14. The molecule has 0 unspecified atom stereocenters. The summed E-state index contributed by atoms with van der Waals surface area (Å²) in [5.41, 5.74) is 2.25. The molecule has 0 aliphatic carbocycles. The van der Waals surface area contributed by atoms with Crippen LogP contribution >= 0.6 is 11.3 Å². The number of ether oxygens (including phenoxy) is 4. The Morgan fingerprint density at radius 1 is 1.00 bits per heavy atom. The van der Waals surface area contributed by atoms with Crippen LogP contribution < -0.4 is 19.0 Å². The lowest BCUT2D eigenvalue weighted by molar-refractivity contribution is 0.207. The highest BCUT2D eigenvalue weighted by molar-refractivity contribution is 7.07. The molecule has 0 radical (unpaired) electrons. The van der Waals surface area contributed by atoms with Gasteiger partial charge < -0.3 is 18.9 Å². The molecule has 7 nitrogen and oxygen atoms in total. The van der Waals surface area contributed by atoms with Crippen molar-refractivity contribution in [2.24, 2.45) is 10.1 Å². The molecule has 0 aliphatic rings. The van der Waals surface area contributed by atoms with Crippen LogP contribution in [-0.4, -0.2) is 52.5 Å². The van der Waals surface area contributed by atoms with Crippen LogP contribution in [0.3, 0.4) is 0 Å². The van der Waals surface area contributed by atoms with E-state index in [2.05, 4.69) is 10.1 Å². The number of methoxy groups -OCH3 is 4. The smallest absolute Gasteiger partial charge is 0.206 e. The summed E-state index contributed by atoms with van der Waals surface area (Å²) in [6.07, 6.45) is 1.65. The van der Waals surface area contributed by atoms with Crippen molar-refractivity contribution in [2.45, 2.75) is 0 Å². The number of nitrogens with zero attached hydrogens (tertiary/aromatic N) is 3. The normalized spacial score (nSPS) is 11.8. The summed E-state index contributed by atoms with van der Waals surface area (Å²) in [5, 5.41) is 6.59. The predicted octanol–water partition coefficient (Wildman–Crippen LogP) is 3.81. The Balaban J connectivity index is 2.11. The molecule has 0 saturated carbocycles. The van der Waals surface area contributed by atoms with Crippen LogP contribution in [0.1, 0.15) is 5.56 Å². The highest BCUT2D eigenvalue weighted by Crippen LogP contribution is 2.32. The number of thiazole rings is 1. The van der Waals surface area contributed by atoms with E-state index in [1.807, 2.05) is 5.38 Å². The molecule has 0 spiro atoms. The molecule has 1 heterocycles. The molecule has 0 fully saturated rings. The van der Waals surface area contributed by atoms with Gasteiger partial charge in [-0.25, -0.2) is 9.07 Å². The number of halogens is 1. The quantitative estimate of drug-likeness (QED) is 0.371. The molecule has 31 heavy (non-hydrogen) atoms. The van der Waals surface area contributed by atoms with E-state index in [0.29, 0.717) is 40.8 Å². The molecule has 3 rings (SSSR count). The van der Waals surface area contributed by atoms with Crippen molar-refractivity contribution in [3.63, 3.8) is 0 Å². The zero-order chi connectivity index (χ0) is 22.2. The average Bonchev–Trinajstić information content (AvgIpc) is 3.20. The maximum absolute atomic E-state index is 13.4. The molecule has 0 bridgehead atoms. The van der Waals surface area contributed by atoms with Crippen molar-refractivity contribution in [3.05, 3.63) is 58.0 Å². The van der Waals surface area contributed by atoms with Crippen LogP contribution in [0.2, 0.25) is 0 Å². The van der Waals surface area contributed by atoms with Crippen LogP contribution in [0.5, 0.6) is 17.2 Å². The summed E-state index contributed by atoms with van der Waals surface area (Å²) < 4.78 is 36.5. The van der Waals surface area contributed by atoms with Crippen molar-refractivity contribution in [1.29, 1.82) is 0 Å². The standard InChI is InChI=1S/C22H24FN3O4S/c1-27-10-9-24-22-26(19(14-31-22)15-5-7-16(23)8-6-15)25-13-18-20(29-3)11-17(28-2)12-21(18)30-4/h5-8,11-14H,9-10H2,1-4H3/b24-22?,25-13+. The van der Waals surface area contributed by atoms with Crippen LogP contribution in [0.15, 0.2) is 51.9 Å². The predicted molar refractivity (Wildman–Crippen MR) is 119 cm³/mol. The third kappa shape index (κ3) is 5.31. The maximum Gasteiger partial charge on any atom is 0.206 e. The van der Waals surface area contributed by atoms with Gasteiger partial charge in [0, 0.05) is 30.2 Å². The second-order valence-electron chi connectivity index (χ2n) is 6.29. The van der Waals surface area contributed by atoms with Crippen LogP contribution in [0, 0.1) is 5.82 Å². The Morgan fingerprint density at radius 3 is 2.26 bits per heavy atom. The maximum atomic E-state index is 13.4. The highest BCUT2D eigenvalue weighted by atomic mass is 32.1. The van der Waals surface area contributed by atoms with Crippen molar-refractivity contribution < 1.29 is 23.3 Å². The van der Waals surface area contributed by atoms with E-state index in [1.165, 1.54) is 23.5 Å². The monoisotopic (exact) mass is 445 g/mol. The summed E-state index contributed by atoms with van der Waals surface area (Å²) in [5.74, 6) is 1.41. The van der Waals surface area contributed by atoms with Gasteiger partial charge in [0.25, 0.3) is 0 Å². The van der Waals surface area contributed by atoms with Gasteiger partial charge in [0.05, 0.1) is 52.0 Å². The van der Waals surface area contributed by atoms with E-state index >= 15 is 0 Å². The molecule has 0 saturated heterocycles. The van der Waals surface area contributed by atoms with E-state index in [1.54, 1.807) is 63.6 Å². The van der Waals surface area contributed by atoms with Gasteiger partial charge in [0.15, 0.2) is 0 Å². The zero-order valence-electron chi connectivity index (χ0n) is 17.8. The first-order valence-corrected chi connectivity index (χ1v) is 10.3. The molecule has 0 amide bonds. The Kier molecular flexibility index (Phi) is 7.80. The molecule has 3 aromatic rings. The van der Waals surface area contributed by atoms with Crippen molar-refractivity contribution in [2.75, 3.05) is 41.6 Å². The second-order valence-corrected chi connectivity index (χ2v) is 7.12. The first kappa shape index (κ1) is 22.5. The molecule has 1 aromatic heterocycles. The van der Waals surface area contributed by atoms with E-state index < -0.39 is 0 Å². The average molecular weight is 446 g/mol. The largest absolute Gasteiger partial charge is 0.496 e. The number of benzene rings is 2. The first-order chi connectivity index (χ1) is 15.1. The molecule has 2 aromatic carbocycles. The van der Waals surface area contributed by atoms with E-state index in [-0.39, 0.29) is 5.82 Å². The molecule has 0 aliphatic heterocycles. The fourth-order valence-corrected chi connectivity index (χ4v) is 3.71. The van der Waals surface area contributed by atoms with Gasteiger partial charge in [-0.1, -0.05) is 0 Å². The number of rotatable bonds is 9. The number of hydrogen-bond acceptors (Lipinski definition) is 7. The van der Waals surface area contributed by atoms with E-state index in [9.17, 15) is 4.39 Å². The van der Waals surface area contributed by atoms with Gasteiger partial charge in [0.1, 0.15) is 23.1 Å². The molecule has 164 valence electrons. The van der Waals surface area contributed by atoms with Gasteiger partial charge in [-0.2, -0.15) is 5.10 Å². The topological polar surface area (TPSA) is 66.6 Å². The van der Waals surface area contributed by atoms with Gasteiger partial charge in [-0.3, -0.25) is 4.99 Å². The number of aromatic nitrogens is 1. The van der Waals surface area contributed by atoms with E-state index in [0.717, 1.165) is 11.3 Å². The fraction of sp³-hybridized carbons (Fsp3) is 0.273. The minimum absolute atomic E-state index is 0.299. The molecular weight excluding hydrogens is 421 g/mol. The van der Waals surface area contributed by atoms with Gasteiger partial charge in [-0.15, -0.1) is 11.3 Å². The lowest BCUT2D eigenvalue weighted by Gasteiger charge is -2.12. The molecular formula is C22H24FN3O4S. The van der Waals surface area contributed by atoms with Crippen molar-refractivity contribution in [1.82, 2.24) is 4.68 Å². The van der Waals surface area contributed by atoms with Crippen molar-refractivity contribution >= 4 is 17.6 Å².